The minimum Gasteiger partial charge on any atom is -0.477 e. The smallest absolute Gasteiger partial charge is 0.352 e. The van der Waals surface area contributed by atoms with Crippen molar-refractivity contribution >= 4 is 5.97 Å². The molecular formula is C10H12N2O2. The van der Waals surface area contributed by atoms with Crippen LogP contribution in [0.3, 0.4) is 0 Å². The second-order valence-corrected chi connectivity index (χ2v) is 2.76. The van der Waals surface area contributed by atoms with Crippen LogP contribution in [-0.2, 0) is 0 Å². The second-order valence-electron chi connectivity index (χ2n) is 2.76. The first kappa shape index (κ1) is 10.4. The van der Waals surface area contributed by atoms with Gasteiger partial charge in [-0.3, -0.25) is 0 Å². The van der Waals surface area contributed by atoms with E-state index in [2.05, 4.69) is 22.1 Å². The van der Waals surface area contributed by atoms with Gasteiger partial charge in [-0.15, -0.1) is 0 Å². The number of aromatic amines is 1. The Labute approximate surface area is 82.3 Å². The average Bonchev–Trinajstić information content (AvgIpc) is 2.61. The lowest BCUT2D eigenvalue weighted by atomic mass is 10.3. The van der Waals surface area contributed by atoms with Crippen LogP contribution in [0.15, 0.2) is 12.3 Å². The highest BCUT2D eigenvalue weighted by Gasteiger charge is 2.03. The van der Waals surface area contributed by atoms with Crippen LogP contribution in [-0.4, -0.2) is 29.7 Å². The molecule has 0 atom stereocenters. The fraction of sp³-hybridized carbons (Fsp3) is 0.300. The summed E-state index contributed by atoms with van der Waals surface area (Å²) < 4.78 is 0. The topological polar surface area (TPSA) is 65.1 Å². The molecular weight excluding hydrogens is 180 g/mol. The molecule has 0 spiro atoms. The van der Waals surface area contributed by atoms with Gasteiger partial charge in [-0.2, -0.15) is 0 Å². The molecule has 0 aliphatic heterocycles. The van der Waals surface area contributed by atoms with Gasteiger partial charge in [-0.1, -0.05) is 11.8 Å². The summed E-state index contributed by atoms with van der Waals surface area (Å²) in [6, 6.07) is 1.52. The van der Waals surface area contributed by atoms with E-state index in [0.29, 0.717) is 5.56 Å². The first-order valence-electron chi connectivity index (χ1n) is 4.29. The van der Waals surface area contributed by atoms with Crippen molar-refractivity contribution in [2.75, 3.05) is 13.6 Å². The Morgan fingerprint density at radius 1 is 1.71 bits per heavy atom. The highest BCUT2D eigenvalue weighted by Crippen LogP contribution is 2.01. The van der Waals surface area contributed by atoms with Crippen LogP contribution in [0.5, 0.6) is 0 Å². The molecule has 3 N–H and O–H groups in total. The van der Waals surface area contributed by atoms with Gasteiger partial charge in [0.25, 0.3) is 0 Å². The van der Waals surface area contributed by atoms with E-state index < -0.39 is 5.97 Å². The van der Waals surface area contributed by atoms with Crippen LogP contribution >= 0.6 is 0 Å². The molecule has 1 heterocycles. The highest BCUT2D eigenvalue weighted by molar-refractivity contribution is 5.86. The minimum absolute atomic E-state index is 0.169. The standard InChI is InChI=1S/C10H12N2O2/c1-11-5-3-2-4-8-6-9(10(13)14)12-7-8/h6-7,11-12H,3,5H2,1H3,(H,13,14). The molecule has 4 nitrogen and oxygen atoms in total. The SMILES string of the molecule is CNCCC#Cc1c[nH]c(C(=O)O)c1. The van der Waals surface area contributed by atoms with Gasteiger partial charge < -0.3 is 15.4 Å². The van der Waals surface area contributed by atoms with Gasteiger partial charge in [-0.25, -0.2) is 4.79 Å². The third-order valence-electron chi connectivity index (χ3n) is 1.65. The zero-order chi connectivity index (χ0) is 10.4. The molecule has 0 aliphatic carbocycles. The number of H-pyrrole nitrogens is 1. The van der Waals surface area contributed by atoms with Crippen molar-refractivity contribution in [2.24, 2.45) is 0 Å². The summed E-state index contributed by atoms with van der Waals surface area (Å²) in [7, 11) is 1.86. The Morgan fingerprint density at radius 2 is 2.50 bits per heavy atom. The maximum absolute atomic E-state index is 10.5. The molecule has 0 bridgehead atoms. The van der Waals surface area contributed by atoms with Crippen molar-refractivity contribution in [1.29, 1.82) is 0 Å². The summed E-state index contributed by atoms with van der Waals surface area (Å²) in [5.41, 5.74) is 0.876. The molecule has 4 heteroatoms. The molecule has 0 saturated heterocycles. The first-order valence-corrected chi connectivity index (χ1v) is 4.29. The van der Waals surface area contributed by atoms with Crippen molar-refractivity contribution in [2.45, 2.75) is 6.42 Å². The summed E-state index contributed by atoms with van der Waals surface area (Å²) >= 11 is 0. The van der Waals surface area contributed by atoms with Gasteiger partial charge in [0.15, 0.2) is 0 Å². The number of carbonyl (C=O) groups is 1. The van der Waals surface area contributed by atoms with Crippen LogP contribution < -0.4 is 5.32 Å². The number of rotatable bonds is 3. The van der Waals surface area contributed by atoms with Crippen molar-refractivity contribution in [3.8, 4) is 11.8 Å². The second kappa shape index (κ2) is 5.10. The zero-order valence-electron chi connectivity index (χ0n) is 7.92. The zero-order valence-corrected chi connectivity index (χ0v) is 7.92. The van der Waals surface area contributed by atoms with Crippen LogP contribution in [0.1, 0.15) is 22.5 Å². The van der Waals surface area contributed by atoms with Gasteiger partial charge in [0.1, 0.15) is 5.69 Å². The highest BCUT2D eigenvalue weighted by atomic mass is 16.4. The minimum atomic E-state index is -0.965. The third-order valence-corrected chi connectivity index (χ3v) is 1.65. The third kappa shape index (κ3) is 2.96. The summed E-state index contributed by atoms with van der Waals surface area (Å²) in [6.07, 6.45) is 2.35. The summed E-state index contributed by atoms with van der Waals surface area (Å²) in [4.78, 5) is 13.1. The van der Waals surface area contributed by atoms with E-state index in [9.17, 15) is 4.79 Å². The number of aromatic carboxylic acids is 1. The van der Waals surface area contributed by atoms with Crippen LogP contribution in [0.25, 0.3) is 0 Å². The van der Waals surface area contributed by atoms with E-state index in [1.165, 1.54) is 6.07 Å². The van der Waals surface area contributed by atoms with E-state index in [1.54, 1.807) is 6.20 Å². The fourth-order valence-corrected chi connectivity index (χ4v) is 0.942. The number of hydrogen-bond donors (Lipinski definition) is 3. The molecule has 0 radical (unpaired) electrons. The molecule has 0 amide bonds. The van der Waals surface area contributed by atoms with Gasteiger partial charge in [-0.05, 0) is 13.1 Å². The molecule has 14 heavy (non-hydrogen) atoms. The molecule has 1 aromatic rings. The number of aromatic nitrogens is 1. The molecule has 0 aromatic carbocycles. The lowest BCUT2D eigenvalue weighted by Crippen LogP contribution is -2.05. The van der Waals surface area contributed by atoms with Gasteiger partial charge >= 0.3 is 5.97 Å². The van der Waals surface area contributed by atoms with Gasteiger partial charge in [0.05, 0.1) is 0 Å². The summed E-state index contributed by atoms with van der Waals surface area (Å²) in [5, 5.41) is 11.6. The molecule has 0 fully saturated rings. The van der Waals surface area contributed by atoms with Crippen molar-refractivity contribution in [3.63, 3.8) is 0 Å². The Hall–Kier alpha value is -1.73. The fourth-order valence-electron chi connectivity index (χ4n) is 0.942. The van der Waals surface area contributed by atoms with E-state index in [-0.39, 0.29) is 5.69 Å². The maximum Gasteiger partial charge on any atom is 0.352 e. The Balaban J connectivity index is 2.58. The van der Waals surface area contributed by atoms with Gasteiger partial charge in [0.2, 0.25) is 0 Å². The first-order chi connectivity index (χ1) is 6.74. The van der Waals surface area contributed by atoms with E-state index in [0.717, 1.165) is 13.0 Å². The average molecular weight is 192 g/mol. The van der Waals surface area contributed by atoms with Crippen molar-refractivity contribution in [3.05, 3.63) is 23.5 Å². The van der Waals surface area contributed by atoms with Crippen molar-refractivity contribution < 1.29 is 9.90 Å². The normalized spacial score (nSPS) is 9.21. The molecule has 0 aliphatic rings. The van der Waals surface area contributed by atoms with Crippen LogP contribution in [0.4, 0.5) is 0 Å². The van der Waals surface area contributed by atoms with E-state index in [1.807, 2.05) is 7.05 Å². The quantitative estimate of drug-likeness (QED) is 0.487. The van der Waals surface area contributed by atoms with Crippen LogP contribution in [0, 0.1) is 11.8 Å². The molecule has 1 aromatic heterocycles. The lowest BCUT2D eigenvalue weighted by molar-refractivity contribution is 0.0691. The molecule has 0 unspecified atom stereocenters. The van der Waals surface area contributed by atoms with Crippen LogP contribution in [0.2, 0.25) is 0 Å². The Bertz CT molecular complexity index is 371. The monoisotopic (exact) mass is 192 g/mol. The number of nitrogens with one attached hydrogen (secondary N) is 2. The number of carboxylic acids is 1. The number of hydrogen-bond acceptors (Lipinski definition) is 2. The molecule has 74 valence electrons. The van der Waals surface area contributed by atoms with Crippen molar-refractivity contribution in [1.82, 2.24) is 10.3 Å². The summed E-state index contributed by atoms with van der Waals surface area (Å²) in [5.74, 6) is 4.83. The molecule has 0 saturated carbocycles. The summed E-state index contributed by atoms with van der Waals surface area (Å²) in [6.45, 7) is 0.837. The van der Waals surface area contributed by atoms with E-state index >= 15 is 0 Å². The maximum atomic E-state index is 10.5. The van der Waals surface area contributed by atoms with E-state index in [4.69, 9.17) is 5.11 Å². The predicted molar refractivity (Wildman–Crippen MR) is 53.2 cm³/mol. The Morgan fingerprint density at radius 3 is 3.07 bits per heavy atom. The Kier molecular flexibility index (Phi) is 3.77. The lowest BCUT2D eigenvalue weighted by Gasteiger charge is -1.86. The molecule has 1 rings (SSSR count). The predicted octanol–water partition coefficient (Wildman–Crippen LogP) is 0.674. The largest absolute Gasteiger partial charge is 0.477 e. The number of carboxylic acid groups (broad SMARTS) is 1. The van der Waals surface area contributed by atoms with Gasteiger partial charge in [0, 0.05) is 24.7 Å².